The second-order valence-corrected chi connectivity index (χ2v) is 6.65. The van der Waals surface area contributed by atoms with Crippen LogP contribution in [0.1, 0.15) is 30.5 Å². The SMILES string of the molecule is Cc1cc(O)cc2c1CC=C1C(=O)C(C(C)C)C(O)C(=O)C1=C2. The first-order chi connectivity index (χ1) is 10.8. The van der Waals surface area contributed by atoms with E-state index in [1.807, 2.05) is 20.8 Å². The molecule has 23 heavy (non-hydrogen) atoms. The number of aliphatic hydroxyl groups excluding tert-OH is 1. The number of allylic oxidation sites excluding steroid dienone is 2. The summed E-state index contributed by atoms with van der Waals surface area (Å²) in [6.07, 6.45) is 2.63. The first kappa shape index (κ1) is 15.7. The van der Waals surface area contributed by atoms with Gasteiger partial charge in [0.2, 0.25) is 0 Å². The number of rotatable bonds is 1. The van der Waals surface area contributed by atoms with Gasteiger partial charge in [-0.05, 0) is 54.2 Å². The predicted molar refractivity (Wildman–Crippen MR) is 87.0 cm³/mol. The maximum Gasteiger partial charge on any atom is 0.192 e. The average Bonchev–Trinajstić information content (AvgIpc) is 2.64. The summed E-state index contributed by atoms with van der Waals surface area (Å²) in [6.45, 7) is 5.56. The predicted octanol–water partition coefficient (Wildman–Crippen LogP) is 2.35. The fourth-order valence-corrected chi connectivity index (χ4v) is 3.53. The maximum absolute atomic E-state index is 12.7. The lowest BCUT2D eigenvalue weighted by molar-refractivity contribution is -0.137. The molecular weight excluding hydrogens is 292 g/mol. The smallest absolute Gasteiger partial charge is 0.192 e. The van der Waals surface area contributed by atoms with E-state index in [-0.39, 0.29) is 23.0 Å². The highest BCUT2D eigenvalue weighted by molar-refractivity contribution is 6.22. The molecule has 4 nitrogen and oxygen atoms in total. The van der Waals surface area contributed by atoms with E-state index >= 15 is 0 Å². The summed E-state index contributed by atoms with van der Waals surface area (Å²) in [6, 6.07) is 3.25. The lowest BCUT2D eigenvalue weighted by atomic mass is 9.73. The molecule has 0 bridgehead atoms. The Morgan fingerprint density at radius 2 is 1.83 bits per heavy atom. The third-order valence-corrected chi connectivity index (χ3v) is 4.75. The standard InChI is InChI=1S/C19H20O4/c1-9(2)16-17(21)14-5-4-13-10(3)6-12(20)7-11(13)8-15(14)18(22)19(16)23/h5-9,16,19-20,23H,4H2,1-3H3. The number of ketones is 2. The summed E-state index contributed by atoms with van der Waals surface area (Å²) < 4.78 is 0. The summed E-state index contributed by atoms with van der Waals surface area (Å²) in [5.41, 5.74) is 3.26. The fraction of sp³-hybridized carbons (Fsp3) is 0.368. The first-order valence-corrected chi connectivity index (χ1v) is 7.82. The fourth-order valence-electron chi connectivity index (χ4n) is 3.53. The zero-order valence-corrected chi connectivity index (χ0v) is 13.5. The van der Waals surface area contributed by atoms with Crippen molar-refractivity contribution in [2.75, 3.05) is 0 Å². The van der Waals surface area contributed by atoms with Gasteiger partial charge in [-0.25, -0.2) is 0 Å². The van der Waals surface area contributed by atoms with Crippen molar-refractivity contribution in [2.24, 2.45) is 11.8 Å². The third-order valence-electron chi connectivity index (χ3n) is 4.75. The number of fused-ring (bicyclic) bond motifs is 2. The van der Waals surface area contributed by atoms with Crippen molar-refractivity contribution < 1.29 is 19.8 Å². The molecule has 1 aromatic carbocycles. The minimum absolute atomic E-state index is 0.111. The molecule has 0 aliphatic heterocycles. The molecule has 4 heteroatoms. The Morgan fingerprint density at radius 3 is 2.48 bits per heavy atom. The Labute approximate surface area is 135 Å². The van der Waals surface area contributed by atoms with Crippen LogP contribution in [0.3, 0.4) is 0 Å². The van der Waals surface area contributed by atoms with Crippen molar-refractivity contribution in [3.8, 4) is 5.75 Å². The van der Waals surface area contributed by atoms with Crippen LogP contribution >= 0.6 is 0 Å². The highest BCUT2D eigenvalue weighted by Gasteiger charge is 2.44. The quantitative estimate of drug-likeness (QED) is 0.835. The second kappa shape index (κ2) is 5.46. The summed E-state index contributed by atoms with van der Waals surface area (Å²) in [5, 5.41) is 20.1. The van der Waals surface area contributed by atoms with Gasteiger partial charge in [0.15, 0.2) is 11.6 Å². The van der Waals surface area contributed by atoms with Crippen LogP contribution in [0.4, 0.5) is 0 Å². The van der Waals surface area contributed by atoms with Crippen LogP contribution in [0.25, 0.3) is 6.08 Å². The van der Waals surface area contributed by atoms with E-state index in [0.29, 0.717) is 12.0 Å². The molecule has 2 aliphatic rings. The van der Waals surface area contributed by atoms with E-state index < -0.39 is 17.8 Å². The van der Waals surface area contributed by atoms with Gasteiger partial charge in [0.25, 0.3) is 0 Å². The number of aliphatic hydroxyl groups is 1. The molecule has 0 spiro atoms. The largest absolute Gasteiger partial charge is 0.508 e. The lowest BCUT2D eigenvalue weighted by Gasteiger charge is -2.31. The molecule has 1 fully saturated rings. The summed E-state index contributed by atoms with van der Waals surface area (Å²) in [7, 11) is 0. The van der Waals surface area contributed by atoms with Crippen LogP contribution in [0, 0.1) is 18.8 Å². The number of carbonyl (C=O) groups is 2. The molecule has 0 aromatic heterocycles. The molecule has 2 atom stereocenters. The van der Waals surface area contributed by atoms with Gasteiger partial charge in [-0.3, -0.25) is 9.59 Å². The van der Waals surface area contributed by atoms with Crippen LogP contribution in [0.5, 0.6) is 5.75 Å². The number of carbonyl (C=O) groups excluding carboxylic acids is 2. The topological polar surface area (TPSA) is 74.6 Å². The van der Waals surface area contributed by atoms with Crippen molar-refractivity contribution in [1.82, 2.24) is 0 Å². The van der Waals surface area contributed by atoms with Gasteiger partial charge in [0.05, 0.1) is 5.92 Å². The van der Waals surface area contributed by atoms with E-state index in [0.717, 1.165) is 16.7 Å². The Morgan fingerprint density at radius 1 is 1.13 bits per heavy atom. The van der Waals surface area contributed by atoms with Crippen molar-refractivity contribution in [1.29, 1.82) is 0 Å². The third kappa shape index (κ3) is 2.43. The molecule has 120 valence electrons. The second-order valence-electron chi connectivity index (χ2n) is 6.65. The molecule has 2 unspecified atom stereocenters. The zero-order chi connectivity index (χ0) is 16.9. The number of hydrogen-bond acceptors (Lipinski definition) is 4. The zero-order valence-electron chi connectivity index (χ0n) is 13.5. The number of hydrogen-bond donors (Lipinski definition) is 2. The highest BCUT2D eigenvalue weighted by atomic mass is 16.3. The monoisotopic (exact) mass is 312 g/mol. The number of aryl methyl sites for hydroxylation is 1. The number of aromatic hydroxyl groups is 1. The van der Waals surface area contributed by atoms with Gasteiger partial charge >= 0.3 is 0 Å². The van der Waals surface area contributed by atoms with Gasteiger partial charge < -0.3 is 10.2 Å². The Bertz CT molecular complexity index is 768. The number of Topliss-reactive ketones (excluding diaryl/α,β-unsaturated/α-hetero) is 2. The number of benzene rings is 1. The molecule has 0 amide bonds. The Kier molecular flexibility index (Phi) is 3.72. The molecule has 3 rings (SSSR count). The molecule has 2 aliphatic carbocycles. The van der Waals surface area contributed by atoms with Crippen LogP contribution in [-0.2, 0) is 16.0 Å². The Hall–Kier alpha value is -2.20. The van der Waals surface area contributed by atoms with Gasteiger partial charge in [-0.2, -0.15) is 0 Å². The van der Waals surface area contributed by atoms with Crippen LogP contribution < -0.4 is 0 Å². The van der Waals surface area contributed by atoms with E-state index in [9.17, 15) is 19.8 Å². The van der Waals surface area contributed by atoms with Crippen molar-refractivity contribution >= 4 is 17.6 Å². The van der Waals surface area contributed by atoms with Crippen LogP contribution in [-0.4, -0.2) is 27.9 Å². The minimum atomic E-state index is -1.30. The molecule has 0 heterocycles. The van der Waals surface area contributed by atoms with E-state index in [1.54, 1.807) is 24.3 Å². The highest BCUT2D eigenvalue weighted by Crippen LogP contribution is 2.37. The molecule has 1 aromatic rings. The van der Waals surface area contributed by atoms with E-state index in [4.69, 9.17) is 0 Å². The average molecular weight is 312 g/mol. The molecule has 2 N–H and O–H groups in total. The minimum Gasteiger partial charge on any atom is -0.508 e. The van der Waals surface area contributed by atoms with Crippen LogP contribution in [0.2, 0.25) is 0 Å². The molecule has 0 radical (unpaired) electrons. The van der Waals surface area contributed by atoms with Gasteiger partial charge in [0, 0.05) is 11.1 Å². The van der Waals surface area contributed by atoms with Gasteiger partial charge in [0.1, 0.15) is 11.9 Å². The summed E-state index contributed by atoms with van der Waals surface area (Å²) in [4.78, 5) is 25.3. The molecule has 1 saturated carbocycles. The molecule has 0 saturated heterocycles. The van der Waals surface area contributed by atoms with Gasteiger partial charge in [-0.1, -0.05) is 19.9 Å². The number of phenolic OH excluding ortho intramolecular Hbond substituents is 1. The Balaban J connectivity index is 2.18. The van der Waals surface area contributed by atoms with E-state index in [1.165, 1.54) is 0 Å². The number of phenols is 1. The lowest BCUT2D eigenvalue weighted by Crippen LogP contribution is -2.45. The first-order valence-electron chi connectivity index (χ1n) is 7.82. The normalized spacial score (nSPS) is 23.9. The van der Waals surface area contributed by atoms with Crippen molar-refractivity contribution in [3.63, 3.8) is 0 Å². The van der Waals surface area contributed by atoms with E-state index in [2.05, 4.69) is 0 Å². The molecular formula is C19H20O4. The van der Waals surface area contributed by atoms with Crippen molar-refractivity contribution in [2.45, 2.75) is 33.3 Å². The van der Waals surface area contributed by atoms with Gasteiger partial charge in [-0.15, -0.1) is 0 Å². The summed E-state index contributed by atoms with van der Waals surface area (Å²) >= 11 is 0. The summed E-state index contributed by atoms with van der Waals surface area (Å²) in [5.74, 6) is -1.27. The van der Waals surface area contributed by atoms with Crippen LogP contribution in [0.15, 0.2) is 29.4 Å². The maximum atomic E-state index is 12.7. The van der Waals surface area contributed by atoms with Crippen molar-refractivity contribution in [3.05, 3.63) is 46.0 Å².